The van der Waals surface area contributed by atoms with Crippen LogP contribution in [0.25, 0.3) is 0 Å². The van der Waals surface area contributed by atoms with Crippen molar-refractivity contribution in [2.24, 2.45) is 0 Å². The number of nitrogens with one attached hydrogen (secondary N) is 1. The number of aromatic amines is 1. The number of aromatic nitrogens is 2. The van der Waals surface area contributed by atoms with E-state index >= 15 is 0 Å². The van der Waals surface area contributed by atoms with Crippen molar-refractivity contribution >= 4 is 6.29 Å². The second-order valence-electron chi connectivity index (χ2n) is 3.38. The van der Waals surface area contributed by atoms with Crippen molar-refractivity contribution in [1.29, 1.82) is 0 Å². The van der Waals surface area contributed by atoms with Crippen LogP contribution in [0, 0.1) is 0 Å². The molecule has 0 atom stereocenters. The maximum atomic E-state index is 10.4. The van der Waals surface area contributed by atoms with Gasteiger partial charge in [-0.25, -0.2) is 4.98 Å². The average molecular weight is 200 g/mol. The maximum Gasteiger partial charge on any atom is 0.185 e. The highest BCUT2D eigenvalue weighted by Gasteiger charge is 2.00. The van der Waals surface area contributed by atoms with E-state index in [4.69, 9.17) is 0 Å². The van der Waals surface area contributed by atoms with E-state index in [1.54, 1.807) is 6.20 Å². The van der Waals surface area contributed by atoms with Crippen molar-refractivity contribution < 1.29 is 4.79 Å². The largest absolute Gasteiger partial charge is 0.342 e. The van der Waals surface area contributed by atoms with Crippen molar-refractivity contribution in [2.75, 3.05) is 0 Å². The molecule has 0 aliphatic heterocycles. The fourth-order valence-electron chi connectivity index (χ4n) is 1.48. The Balaban J connectivity index is 1.96. The van der Waals surface area contributed by atoms with Gasteiger partial charge in [0.15, 0.2) is 12.1 Å². The van der Waals surface area contributed by atoms with Crippen LogP contribution in [0.5, 0.6) is 0 Å². The standard InChI is InChI=1S/C12H12N2O/c15-9-12-13-8-11(14-12)7-6-10-4-2-1-3-5-10/h1-5,8-9H,6-7H2,(H,13,14). The van der Waals surface area contributed by atoms with Crippen molar-refractivity contribution in [3.05, 3.63) is 53.6 Å². The zero-order valence-electron chi connectivity index (χ0n) is 8.31. The van der Waals surface area contributed by atoms with Crippen molar-refractivity contribution in [3.8, 4) is 0 Å². The highest BCUT2D eigenvalue weighted by atomic mass is 16.1. The summed E-state index contributed by atoms with van der Waals surface area (Å²) in [6.07, 6.45) is 4.32. The normalized spacial score (nSPS) is 10.1. The number of aryl methyl sites for hydroxylation is 2. The van der Waals surface area contributed by atoms with Gasteiger partial charge in [-0.3, -0.25) is 4.79 Å². The first-order chi connectivity index (χ1) is 7.38. The minimum absolute atomic E-state index is 0.401. The average Bonchev–Trinajstić information content (AvgIpc) is 2.76. The molecule has 2 rings (SSSR count). The van der Waals surface area contributed by atoms with Crippen LogP contribution < -0.4 is 0 Å². The van der Waals surface area contributed by atoms with E-state index in [2.05, 4.69) is 22.1 Å². The van der Waals surface area contributed by atoms with Gasteiger partial charge in [0, 0.05) is 6.20 Å². The zero-order valence-corrected chi connectivity index (χ0v) is 8.31. The summed E-state index contributed by atoms with van der Waals surface area (Å²) in [5.74, 6) is 0.401. The van der Waals surface area contributed by atoms with Crippen LogP contribution in [0.1, 0.15) is 21.9 Å². The molecule has 1 aromatic heterocycles. The smallest absolute Gasteiger partial charge is 0.185 e. The highest BCUT2D eigenvalue weighted by molar-refractivity contribution is 5.68. The molecule has 0 amide bonds. The second kappa shape index (κ2) is 4.55. The minimum Gasteiger partial charge on any atom is -0.342 e. The Labute approximate surface area is 88.2 Å². The minimum atomic E-state index is 0.401. The first kappa shape index (κ1) is 9.65. The quantitative estimate of drug-likeness (QED) is 0.767. The Morgan fingerprint density at radius 3 is 2.67 bits per heavy atom. The number of hydrogen-bond acceptors (Lipinski definition) is 2. The predicted octanol–water partition coefficient (Wildman–Crippen LogP) is 2.01. The third-order valence-electron chi connectivity index (χ3n) is 2.27. The lowest BCUT2D eigenvalue weighted by Gasteiger charge is -1.97. The number of nitrogens with zero attached hydrogens (tertiary/aromatic N) is 1. The number of hydrogen-bond donors (Lipinski definition) is 1. The fourth-order valence-corrected chi connectivity index (χ4v) is 1.48. The van der Waals surface area contributed by atoms with Crippen LogP contribution in [0.15, 0.2) is 36.5 Å². The molecule has 1 N–H and O–H groups in total. The van der Waals surface area contributed by atoms with Crippen molar-refractivity contribution in [3.63, 3.8) is 0 Å². The van der Waals surface area contributed by atoms with E-state index in [-0.39, 0.29) is 0 Å². The van der Waals surface area contributed by atoms with Crippen LogP contribution in [0.3, 0.4) is 0 Å². The van der Waals surface area contributed by atoms with Gasteiger partial charge in [0.1, 0.15) is 0 Å². The van der Waals surface area contributed by atoms with Crippen LogP contribution in [-0.4, -0.2) is 16.3 Å². The van der Waals surface area contributed by atoms with E-state index in [0.29, 0.717) is 5.82 Å². The highest BCUT2D eigenvalue weighted by Crippen LogP contribution is 2.04. The van der Waals surface area contributed by atoms with E-state index in [9.17, 15) is 4.79 Å². The molecule has 3 heteroatoms. The number of imidazole rings is 1. The molecule has 0 spiro atoms. The molecule has 0 saturated heterocycles. The molecule has 2 aromatic rings. The number of carbonyl (C=O) groups is 1. The summed E-state index contributed by atoms with van der Waals surface area (Å²) in [6, 6.07) is 10.2. The summed E-state index contributed by atoms with van der Waals surface area (Å²) >= 11 is 0. The summed E-state index contributed by atoms with van der Waals surface area (Å²) < 4.78 is 0. The number of H-pyrrole nitrogens is 1. The first-order valence-corrected chi connectivity index (χ1v) is 4.92. The first-order valence-electron chi connectivity index (χ1n) is 4.92. The third kappa shape index (κ3) is 2.53. The molecule has 0 aliphatic rings. The van der Waals surface area contributed by atoms with Crippen LogP contribution in [0.4, 0.5) is 0 Å². The van der Waals surface area contributed by atoms with Gasteiger partial charge in [0.05, 0.1) is 5.69 Å². The Morgan fingerprint density at radius 1 is 1.20 bits per heavy atom. The van der Waals surface area contributed by atoms with E-state index in [1.807, 2.05) is 18.2 Å². The number of rotatable bonds is 4. The van der Waals surface area contributed by atoms with E-state index in [0.717, 1.165) is 24.8 Å². The molecule has 0 saturated carbocycles. The molecule has 15 heavy (non-hydrogen) atoms. The SMILES string of the molecule is O=Cc1nc(CCc2ccccc2)c[nH]1. The topological polar surface area (TPSA) is 45.8 Å². The molecule has 0 bridgehead atoms. The van der Waals surface area contributed by atoms with Gasteiger partial charge < -0.3 is 4.98 Å². The van der Waals surface area contributed by atoms with Crippen LogP contribution in [0.2, 0.25) is 0 Å². The molecule has 0 fully saturated rings. The van der Waals surface area contributed by atoms with Gasteiger partial charge in [-0.15, -0.1) is 0 Å². The molecule has 0 aliphatic carbocycles. The molecule has 76 valence electrons. The fraction of sp³-hybridized carbons (Fsp3) is 0.167. The summed E-state index contributed by atoms with van der Waals surface area (Å²) in [4.78, 5) is 17.3. The molecular weight excluding hydrogens is 188 g/mol. The van der Waals surface area contributed by atoms with Crippen molar-refractivity contribution in [1.82, 2.24) is 9.97 Å². The van der Waals surface area contributed by atoms with Crippen molar-refractivity contribution in [2.45, 2.75) is 12.8 Å². The Morgan fingerprint density at radius 2 is 2.00 bits per heavy atom. The van der Waals surface area contributed by atoms with Gasteiger partial charge in [-0.1, -0.05) is 30.3 Å². The summed E-state index contributed by atoms with van der Waals surface area (Å²) in [7, 11) is 0. The Bertz CT molecular complexity index is 434. The van der Waals surface area contributed by atoms with Gasteiger partial charge in [-0.05, 0) is 18.4 Å². The third-order valence-corrected chi connectivity index (χ3v) is 2.27. The lowest BCUT2D eigenvalue weighted by molar-refractivity contribution is 0.111. The predicted molar refractivity (Wildman–Crippen MR) is 57.8 cm³/mol. The van der Waals surface area contributed by atoms with E-state index in [1.165, 1.54) is 5.56 Å². The summed E-state index contributed by atoms with van der Waals surface area (Å²) in [6.45, 7) is 0. The number of aldehydes is 1. The molecule has 1 heterocycles. The second-order valence-corrected chi connectivity index (χ2v) is 3.38. The van der Waals surface area contributed by atoms with Gasteiger partial charge >= 0.3 is 0 Å². The molecular formula is C12H12N2O. The zero-order chi connectivity index (χ0) is 10.5. The summed E-state index contributed by atoms with van der Waals surface area (Å²) in [5.41, 5.74) is 2.22. The number of benzene rings is 1. The summed E-state index contributed by atoms with van der Waals surface area (Å²) in [5, 5.41) is 0. The molecule has 0 radical (unpaired) electrons. The number of carbonyl (C=O) groups excluding carboxylic acids is 1. The van der Waals surface area contributed by atoms with Gasteiger partial charge in [0.25, 0.3) is 0 Å². The lowest BCUT2D eigenvalue weighted by atomic mass is 10.1. The monoisotopic (exact) mass is 200 g/mol. The van der Waals surface area contributed by atoms with Gasteiger partial charge in [0.2, 0.25) is 0 Å². The Kier molecular flexibility index (Phi) is 2.93. The molecule has 0 unspecified atom stereocenters. The van der Waals surface area contributed by atoms with Gasteiger partial charge in [-0.2, -0.15) is 0 Å². The maximum absolute atomic E-state index is 10.4. The lowest BCUT2D eigenvalue weighted by Crippen LogP contribution is -1.91. The molecule has 1 aromatic carbocycles. The van der Waals surface area contributed by atoms with Crippen LogP contribution >= 0.6 is 0 Å². The Hall–Kier alpha value is -1.90. The van der Waals surface area contributed by atoms with Crippen LogP contribution in [-0.2, 0) is 12.8 Å². The van der Waals surface area contributed by atoms with E-state index < -0.39 is 0 Å². The molecule has 3 nitrogen and oxygen atoms in total.